The number of hydrogen-bond acceptors (Lipinski definition) is 2. The van der Waals surface area contributed by atoms with Crippen molar-refractivity contribution in [2.45, 2.75) is 27.7 Å². The molecular weight excluding hydrogens is 202 g/mol. The van der Waals surface area contributed by atoms with Crippen molar-refractivity contribution in [3.05, 3.63) is 28.8 Å². The fraction of sp³-hybridized carbons (Fsp3) is 0.462. The van der Waals surface area contributed by atoms with Crippen LogP contribution >= 0.6 is 0 Å². The molecule has 1 atom stereocenters. The van der Waals surface area contributed by atoms with E-state index in [9.17, 15) is 4.79 Å². The molecule has 0 aliphatic rings. The summed E-state index contributed by atoms with van der Waals surface area (Å²) in [6.07, 6.45) is 0. The minimum Gasteiger partial charge on any atom is -0.492 e. The summed E-state index contributed by atoms with van der Waals surface area (Å²) in [7, 11) is 0. The first kappa shape index (κ1) is 12.6. The van der Waals surface area contributed by atoms with Gasteiger partial charge in [-0.05, 0) is 31.9 Å². The molecule has 0 aliphatic heterocycles. The summed E-state index contributed by atoms with van der Waals surface area (Å²) in [6.45, 7) is 8.16. The molecule has 88 valence electrons. The SMILES string of the molecule is Cc1cc(C)c(OCC(C)C(N)=O)c(C)c1. The number of hydrogen-bond donors (Lipinski definition) is 1. The first-order chi connectivity index (χ1) is 7.41. The number of carbonyl (C=O) groups is 1. The normalized spacial score (nSPS) is 12.2. The number of rotatable bonds is 4. The molecule has 0 bridgehead atoms. The van der Waals surface area contributed by atoms with Crippen LogP contribution in [0.15, 0.2) is 12.1 Å². The largest absolute Gasteiger partial charge is 0.492 e. The second kappa shape index (κ2) is 5.01. The molecule has 1 unspecified atom stereocenters. The van der Waals surface area contributed by atoms with Gasteiger partial charge in [-0.3, -0.25) is 4.79 Å². The highest BCUT2D eigenvalue weighted by Crippen LogP contribution is 2.24. The quantitative estimate of drug-likeness (QED) is 0.846. The van der Waals surface area contributed by atoms with Crippen LogP contribution in [0.4, 0.5) is 0 Å². The van der Waals surface area contributed by atoms with Crippen LogP contribution < -0.4 is 10.5 Å². The van der Waals surface area contributed by atoms with E-state index in [1.165, 1.54) is 5.56 Å². The third-order valence-electron chi connectivity index (χ3n) is 2.57. The molecule has 0 spiro atoms. The fourth-order valence-electron chi connectivity index (χ4n) is 1.68. The second-order valence-corrected chi connectivity index (χ2v) is 4.34. The molecule has 1 aromatic rings. The van der Waals surface area contributed by atoms with Gasteiger partial charge in [0.05, 0.1) is 12.5 Å². The molecule has 0 aliphatic carbocycles. The van der Waals surface area contributed by atoms with Crippen LogP contribution in [-0.2, 0) is 4.79 Å². The Morgan fingerprint density at radius 1 is 1.31 bits per heavy atom. The summed E-state index contributed by atoms with van der Waals surface area (Å²) in [5.41, 5.74) is 8.58. The van der Waals surface area contributed by atoms with E-state index in [-0.39, 0.29) is 11.8 Å². The summed E-state index contributed by atoms with van der Waals surface area (Å²) in [5.74, 6) is 0.265. The topological polar surface area (TPSA) is 52.3 Å². The lowest BCUT2D eigenvalue weighted by Crippen LogP contribution is -2.26. The van der Waals surface area contributed by atoms with Crippen LogP contribution in [0.2, 0.25) is 0 Å². The van der Waals surface area contributed by atoms with Crippen molar-refractivity contribution in [3.8, 4) is 5.75 Å². The average Bonchev–Trinajstić information content (AvgIpc) is 2.15. The second-order valence-electron chi connectivity index (χ2n) is 4.34. The van der Waals surface area contributed by atoms with Crippen molar-refractivity contribution in [2.75, 3.05) is 6.61 Å². The van der Waals surface area contributed by atoms with Crippen molar-refractivity contribution in [2.24, 2.45) is 11.7 Å². The van der Waals surface area contributed by atoms with E-state index in [4.69, 9.17) is 10.5 Å². The molecule has 1 amide bonds. The number of ether oxygens (including phenoxy) is 1. The van der Waals surface area contributed by atoms with Crippen LogP contribution in [0.1, 0.15) is 23.6 Å². The van der Waals surface area contributed by atoms with Gasteiger partial charge in [-0.15, -0.1) is 0 Å². The standard InChI is InChI=1S/C13H19NO2/c1-8-5-9(2)12(10(3)6-8)16-7-11(4)13(14)15/h5-6,11H,7H2,1-4H3,(H2,14,15). The van der Waals surface area contributed by atoms with E-state index in [1.54, 1.807) is 6.92 Å². The van der Waals surface area contributed by atoms with Crippen LogP contribution in [0.3, 0.4) is 0 Å². The molecule has 16 heavy (non-hydrogen) atoms. The van der Waals surface area contributed by atoms with E-state index >= 15 is 0 Å². The van der Waals surface area contributed by atoms with Crippen molar-refractivity contribution >= 4 is 5.91 Å². The zero-order valence-electron chi connectivity index (χ0n) is 10.3. The zero-order chi connectivity index (χ0) is 12.3. The summed E-state index contributed by atoms with van der Waals surface area (Å²) in [4.78, 5) is 10.9. The molecule has 1 aromatic carbocycles. The van der Waals surface area contributed by atoms with E-state index in [0.29, 0.717) is 6.61 Å². The average molecular weight is 221 g/mol. The monoisotopic (exact) mass is 221 g/mol. The molecule has 1 rings (SSSR count). The summed E-state index contributed by atoms with van der Waals surface area (Å²) >= 11 is 0. The van der Waals surface area contributed by atoms with E-state index < -0.39 is 0 Å². The maximum atomic E-state index is 10.9. The third-order valence-corrected chi connectivity index (χ3v) is 2.57. The number of benzene rings is 1. The minimum absolute atomic E-state index is 0.264. The number of carbonyl (C=O) groups excluding carboxylic acids is 1. The van der Waals surface area contributed by atoms with E-state index in [0.717, 1.165) is 16.9 Å². The molecule has 2 N–H and O–H groups in total. The molecule has 0 fully saturated rings. The van der Waals surface area contributed by atoms with Crippen LogP contribution in [-0.4, -0.2) is 12.5 Å². The number of primary amides is 1. The Labute approximate surface area is 96.6 Å². The molecular formula is C13H19NO2. The third kappa shape index (κ3) is 2.99. The van der Waals surface area contributed by atoms with Gasteiger partial charge in [-0.1, -0.05) is 24.6 Å². The molecule has 3 heteroatoms. The lowest BCUT2D eigenvalue weighted by molar-refractivity contribution is -0.122. The predicted molar refractivity (Wildman–Crippen MR) is 64.5 cm³/mol. The summed E-state index contributed by atoms with van der Waals surface area (Å²) in [6, 6.07) is 4.13. The van der Waals surface area contributed by atoms with Gasteiger partial charge >= 0.3 is 0 Å². The maximum absolute atomic E-state index is 10.9. The fourth-order valence-corrected chi connectivity index (χ4v) is 1.68. The number of amides is 1. The van der Waals surface area contributed by atoms with Crippen LogP contribution in [0, 0.1) is 26.7 Å². The molecule has 3 nitrogen and oxygen atoms in total. The lowest BCUT2D eigenvalue weighted by atomic mass is 10.1. The van der Waals surface area contributed by atoms with E-state index in [2.05, 4.69) is 19.1 Å². The van der Waals surface area contributed by atoms with Gasteiger partial charge < -0.3 is 10.5 Å². The van der Waals surface area contributed by atoms with Crippen LogP contribution in [0.5, 0.6) is 5.75 Å². The van der Waals surface area contributed by atoms with Crippen LogP contribution in [0.25, 0.3) is 0 Å². The van der Waals surface area contributed by atoms with Gasteiger partial charge in [0.15, 0.2) is 0 Å². The molecule has 0 radical (unpaired) electrons. The Morgan fingerprint density at radius 3 is 2.25 bits per heavy atom. The molecule has 0 saturated heterocycles. The van der Waals surface area contributed by atoms with Crippen molar-refractivity contribution in [3.63, 3.8) is 0 Å². The summed E-state index contributed by atoms with van der Waals surface area (Å²) in [5, 5.41) is 0. The number of nitrogens with two attached hydrogens (primary N) is 1. The van der Waals surface area contributed by atoms with Gasteiger partial charge in [0.1, 0.15) is 5.75 Å². The van der Waals surface area contributed by atoms with Gasteiger partial charge in [0, 0.05) is 0 Å². The van der Waals surface area contributed by atoms with Gasteiger partial charge in [0.2, 0.25) is 5.91 Å². The Bertz CT molecular complexity index is 376. The molecule has 0 heterocycles. The van der Waals surface area contributed by atoms with Crippen molar-refractivity contribution in [1.29, 1.82) is 0 Å². The van der Waals surface area contributed by atoms with Crippen molar-refractivity contribution < 1.29 is 9.53 Å². The first-order valence-electron chi connectivity index (χ1n) is 5.41. The predicted octanol–water partition coefficient (Wildman–Crippen LogP) is 2.11. The maximum Gasteiger partial charge on any atom is 0.223 e. The Balaban J connectivity index is 2.78. The van der Waals surface area contributed by atoms with Crippen molar-refractivity contribution in [1.82, 2.24) is 0 Å². The van der Waals surface area contributed by atoms with Gasteiger partial charge in [0.25, 0.3) is 0 Å². The Hall–Kier alpha value is -1.51. The Kier molecular flexibility index (Phi) is 3.93. The highest BCUT2D eigenvalue weighted by molar-refractivity contribution is 5.76. The Morgan fingerprint density at radius 2 is 1.81 bits per heavy atom. The minimum atomic E-state index is -0.331. The highest BCUT2D eigenvalue weighted by Gasteiger charge is 2.11. The highest BCUT2D eigenvalue weighted by atomic mass is 16.5. The zero-order valence-corrected chi connectivity index (χ0v) is 10.3. The first-order valence-corrected chi connectivity index (χ1v) is 5.41. The summed E-state index contributed by atoms with van der Waals surface area (Å²) < 4.78 is 5.64. The van der Waals surface area contributed by atoms with E-state index in [1.807, 2.05) is 13.8 Å². The smallest absolute Gasteiger partial charge is 0.223 e. The molecule has 0 saturated carbocycles. The van der Waals surface area contributed by atoms with Gasteiger partial charge in [-0.2, -0.15) is 0 Å². The lowest BCUT2D eigenvalue weighted by Gasteiger charge is -2.15. The number of aryl methyl sites for hydroxylation is 3. The molecule has 0 aromatic heterocycles. The van der Waals surface area contributed by atoms with Gasteiger partial charge in [-0.25, -0.2) is 0 Å².